The van der Waals surface area contributed by atoms with Crippen molar-refractivity contribution in [3.8, 4) is 11.5 Å². The van der Waals surface area contributed by atoms with E-state index >= 15 is 0 Å². The Morgan fingerprint density at radius 2 is 2.20 bits per heavy atom. The third-order valence-corrected chi connectivity index (χ3v) is 3.94. The molecule has 3 rings (SSSR count). The lowest BCUT2D eigenvalue weighted by atomic mass is 9.93. The molecule has 0 saturated carbocycles. The van der Waals surface area contributed by atoms with Crippen LogP contribution in [0, 0.1) is 0 Å². The molecule has 0 N–H and O–H groups in total. The van der Waals surface area contributed by atoms with Crippen molar-refractivity contribution in [2.45, 2.75) is 32.5 Å². The van der Waals surface area contributed by atoms with Crippen LogP contribution in [0.2, 0.25) is 0 Å². The van der Waals surface area contributed by atoms with Crippen LogP contribution in [0.25, 0.3) is 0 Å². The fourth-order valence-corrected chi connectivity index (χ4v) is 2.92. The Morgan fingerprint density at radius 3 is 2.95 bits per heavy atom. The van der Waals surface area contributed by atoms with Gasteiger partial charge in [-0.2, -0.15) is 11.3 Å². The minimum absolute atomic E-state index is 0.126. The molecule has 1 aromatic heterocycles. The van der Waals surface area contributed by atoms with Gasteiger partial charge in [-0.05, 0) is 48.4 Å². The monoisotopic (exact) mass is 288 g/mol. The molecular formula is C16H16O3S. The van der Waals surface area contributed by atoms with Gasteiger partial charge in [-0.3, -0.25) is 4.79 Å². The smallest absolute Gasteiger partial charge is 0.170 e. The van der Waals surface area contributed by atoms with E-state index in [0.717, 1.165) is 11.3 Å². The van der Waals surface area contributed by atoms with Crippen molar-refractivity contribution in [3.63, 3.8) is 0 Å². The maximum Gasteiger partial charge on any atom is 0.170 e. The number of rotatable bonds is 3. The highest BCUT2D eigenvalue weighted by atomic mass is 32.1. The predicted molar refractivity (Wildman–Crippen MR) is 78.7 cm³/mol. The van der Waals surface area contributed by atoms with Gasteiger partial charge in [0, 0.05) is 6.07 Å². The highest BCUT2D eigenvalue weighted by Crippen LogP contribution is 2.35. The topological polar surface area (TPSA) is 35.5 Å². The molecule has 0 aliphatic carbocycles. The summed E-state index contributed by atoms with van der Waals surface area (Å²) in [6.45, 7) is 4.37. The largest absolute Gasteiger partial charge is 0.489 e. The number of hydrogen-bond acceptors (Lipinski definition) is 4. The van der Waals surface area contributed by atoms with Crippen molar-refractivity contribution >= 4 is 17.1 Å². The summed E-state index contributed by atoms with van der Waals surface area (Å²) in [6, 6.07) is 7.45. The molecule has 2 heterocycles. The van der Waals surface area contributed by atoms with Gasteiger partial charge in [0.1, 0.15) is 23.7 Å². The van der Waals surface area contributed by atoms with Crippen LogP contribution < -0.4 is 9.47 Å². The lowest BCUT2D eigenvalue weighted by Crippen LogP contribution is -2.35. The third-order valence-electron chi connectivity index (χ3n) is 3.21. The van der Waals surface area contributed by atoms with Gasteiger partial charge in [-0.15, -0.1) is 0 Å². The van der Waals surface area contributed by atoms with Gasteiger partial charge in [0.2, 0.25) is 0 Å². The highest BCUT2D eigenvalue weighted by molar-refractivity contribution is 7.07. The highest BCUT2D eigenvalue weighted by Gasteiger charge is 2.32. The predicted octanol–water partition coefficient (Wildman–Crippen LogP) is 4.07. The second kappa shape index (κ2) is 4.94. The summed E-state index contributed by atoms with van der Waals surface area (Å²) in [7, 11) is 0. The molecule has 1 aliphatic heterocycles. The average molecular weight is 288 g/mol. The molecule has 2 aromatic rings. The van der Waals surface area contributed by atoms with Gasteiger partial charge in [0.25, 0.3) is 0 Å². The molecule has 20 heavy (non-hydrogen) atoms. The first-order valence-corrected chi connectivity index (χ1v) is 7.48. The Morgan fingerprint density at radius 1 is 1.35 bits per heavy atom. The lowest BCUT2D eigenvalue weighted by Gasteiger charge is -2.31. The van der Waals surface area contributed by atoms with Gasteiger partial charge in [0.15, 0.2) is 5.78 Å². The molecular weight excluding hydrogens is 272 g/mol. The van der Waals surface area contributed by atoms with Crippen molar-refractivity contribution in [3.05, 3.63) is 46.2 Å². The SMILES string of the molecule is CC1(C)CC(=O)c2ccc(OCc3ccsc3)cc2O1. The molecule has 4 heteroatoms. The van der Waals surface area contributed by atoms with E-state index in [1.165, 1.54) is 0 Å². The Bertz CT molecular complexity index is 629. The van der Waals surface area contributed by atoms with Crippen LogP contribution in [-0.2, 0) is 6.61 Å². The van der Waals surface area contributed by atoms with Crippen molar-refractivity contribution in [1.29, 1.82) is 0 Å². The summed E-state index contributed by atoms with van der Waals surface area (Å²) in [5.41, 5.74) is 1.34. The van der Waals surface area contributed by atoms with Crippen molar-refractivity contribution in [2.75, 3.05) is 0 Å². The van der Waals surface area contributed by atoms with E-state index in [1.807, 2.05) is 31.4 Å². The molecule has 0 spiro atoms. The van der Waals surface area contributed by atoms with E-state index in [2.05, 4.69) is 5.38 Å². The molecule has 0 unspecified atom stereocenters. The number of carbonyl (C=O) groups excluding carboxylic acids is 1. The zero-order chi connectivity index (χ0) is 14.2. The molecule has 0 radical (unpaired) electrons. The van der Waals surface area contributed by atoms with Crippen LogP contribution >= 0.6 is 11.3 Å². The summed E-state index contributed by atoms with van der Waals surface area (Å²) in [5, 5.41) is 4.08. The van der Waals surface area contributed by atoms with Crippen LogP contribution in [0.15, 0.2) is 35.0 Å². The molecule has 104 valence electrons. The first-order chi connectivity index (χ1) is 9.53. The van der Waals surface area contributed by atoms with Gasteiger partial charge in [0.05, 0.1) is 12.0 Å². The third kappa shape index (κ3) is 2.70. The standard InChI is InChI=1S/C16H16O3S/c1-16(2)8-14(17)13-4-3-12(7-15(13)19-16)18-9-11-5-6-20-10-11/h3-7,10H,8-9H2,1-2H3. The maximum atomic E-state index is 12.0. The van der Waals surface area contributed by atoms with Crippen molar-refractivity contribution in [1.82, 2.24) is 0 Å². The van der Waals surface area contributed by atoms with Crippen LogP contribution in [0.5, 0.6) is 11.5 Å². The molecule has 0 atom stereocenters. The fourth-order valence-electron chi connectivity index (χ4n) is 2.26. The van der Waals surface area contributed by atoms with Crippen molar-refractivity contribution < 1.29 is 14.3 Å². The number of ether oxygens (including phenoxy) is 2. The number of fused-ring (bicyclic) bond motifs is 1. The summed E-state index contributed by atoms with van der Waals surface area (Å²) >= 11 is 1.65. The molecule has 0 fully saturated rings. The maximum absolute atomic E-state index is 12.0. The normalized spacial score (nSPS) is 16.4. The van der Waals surface area contributed by atoms with E-state index in [1.54, 1.807) is 23.5 Å². The minimum atomic E-state index is -0.448. The first kappa shape index (κ1) is 13.2. The summed E-state index contributed by atoms with van der Waals surface area (Å²) in [4.78, 5) is 12.0. The zero-order valence-corrected chi connectivity index (χ0v) is 12.3. The minimum Gasteiger partial charge on any atom is -0.489 e. The summed E-state index contributed by atoms with van der Waals surface area (Å²) in [6.07, 6.45) is 0.412. The average Bonchev–Trinajstić information content (AvgIpc) is 2.87. The van der Waals surface area contributed by atoms with E-state index in [4.69, 9.17) is 9.47 Å². The van der Waals surface area contributed by atoms with E-state index in [9.17, 15) is 4.79 Å². The molecule has 0 bridgehead atoms. The van der Waals surface area contributed by atoms with Gasteiger partial charge < -0.3 is 9.47 Å². The van der Waals surface area contributed by atoms with Gasteiger partial charge >= 0.3 is 0 Å². The van der Waals surface area contributed by atoms with Crippen molar-refractivity contribution in [2.24, 2.45) is 0 Å². The van der Waals surface area contributed by atoms with Gasteiger partial charge in [-0.1, -0.05) is 0 Å². The zero-order valence-electron chi connectivity index (χ0n) is 11.5. The number of carbonyl (C=O) groups is 1. The van der Waals surface area contributed by atoms with Crippen LogP contribution in [0.4, 0.5) is 0 Å². The number of hydrogen-bond donors (Lipinski definition) is 0. The Labute approximate surface area is 122 Å². The first-order valence-electron chi connectivity index (χ1n) is 6.54. The Balaban J connectivity index is 1.80. The number of benzene rings is 1. The molecule has 0 amide bonds. The molecule has 1 aromatic carbocycles. The number of thiophene rings is 1. The van der Waals surface area contributed by atoms with Crippen LogP contribution in [-0.4, -0.2) is 11.4 Å². The summed E-state index contributed by atoms with van der Waals surface area (Å²) < 4.78 is 11.6. The lowest BCUT2D eigenvalue weighted by molar-refractivity contribution is 0.0618. The Kier molecular flexibility index (Phi) is 3.26. The summed E-state index contributed by atoms with van der Waals surface area (Å²) in [5.74, 6) is 1.47. The second-order valence-corrected chi connectivity index (χ2v) is 6.32. The number of Topliss-reactive ketones (excluding diaryl/α,β-unsaturated/α-hetero) is 1. The molecule has 1 aliphatic rings. The fraction of sp³-hybridized carbons (Fsp3) is 0.312. The van der Waals surface area contributed by atoms with Crippen LogP contribution in [0.1, 0.15) is 36.2 Å². The molecule has 3 nitrogen and oxygen atoms in total. The number of ketones is 1. The quantitative estimate of drug-likeness (QED) is 0.854. The van der Waals surface area contributed by atoms with E-state index in [-0.39, 0.29) is 5.78 Å². The van der Waals surface area contributed by atoms with Gasteiger partial charge in [-0.25, -0.2) is 0 Å². The van der Waals surface area contributed by atoms with E-state index < -0.39 is 5.60 Å². The van der Waals surface area contributed by atoms with E-state index in [0.29, 0.717) is 24.3 Å². The molecule has 0 saturated heterocycles. The second-order valence-electron chi connectivity index (χ2n) is 5.54. The van der Waals surface area contributed by atoms with Crippen LogP contribution in [0.3, 0.4) is 0 Å². The Hall–Kier alpha value is -1.81.